The van der Waals surface area contributed by atoms with E-state index < -0.39 is 25.2 Å². The van der Waals surface area contributed by atoms with E-state index in [4.69, 9.17) is 13.0 Å². The van der Waals surface area contributed by atoms with Crippen LogP contribution in [0.1, 0.15) is 6.92 Å². The Kier molecular flexibility index (Phi) is 7.18. The van der Waals surface area contributed by atoms with Crippen molar-refractivity contribution in [3.63, 3.8) is 0 Å². The van der Waals surface area contributed by atoms with Crippen LogP contribution in [0, 0.1) is 5.92 Å². The minimum atomic E-state index is -2.21. The lowest BCUT2D eigenvalue weighted by Gasteiger charge is -2.39. The molecular formula is C12H30O4Si3. The summed E-state index contributed by atoms with van der Waals surface area (Å²) in [6, 6.07) is 0.870. The smallest absolute Gasteiger partial charge is 0.314 e. The average molecular weight is 323 g/mol. The van der Waals surface area contributed by atoms with Crippen molar-refractivity contribution in [2.75, 3.05) is 6.61 Å². The second-order valence-corrected chi connectivity index (χ2v) is 20.1. The van der Waals surface area contributed by atoms with E-state index in [9.17, 15) is 4.79 Å². The molecule has 0 N–H and O–H groups in total. The van der Waals surface area contributed by atoms with Crippen molar-refractivity contribution in [2.45, 2.75) is 58.8 Å². The van der Waals surface area contributed by atoms with Gasteiger partial charge >= 0.3 is 8.56 Å². The molecule has 0 amide bonds. The molecule has 7 heteroatoms. The van der Waals surface area contributed by atoms with Gasteiger partial charge in [-0.15, -0.1) is 0 Å². The largest absolute Gasteiger partial charge is 0.468 e. The van der Waals surface area contributed by atoms with Crippen molar-refractivity contribution < 1.29 is 17.8 Å². The van der Waals surface area contributed by atoms with Crippen molar-refractivity contribution in [3.8, 4) is 0 Å². The van der Waals surface area contributed by atoms with Crippen molar-refractivity contribution in [2.24, 2.45) is 5.92 Å². The van der Waals surface area contributed by atoms with E-state index in [0.29, 0.717) is 13.1 Å². The molecule has 19 heavy (non-hydrogen) atoms. The minimum absolute atomic E-state index is 0.273. The standard InChI is InChI=1S/C12H30O4Si3/c1-12(9-14-11-13)10-19(8,15-17(2,3)4)16-18(5,6)7/h11-12H,9-10H2,1-8H3. The van der Waals surface area contributed by atoms with Crippen molar-refractivity contribution in [3.05, 3.63) is 0 Å². The highest BCUT2D eigenvalue weighted by Crippen LogP contribution is 2.27. The topological polar surface area (TPSA) is 44.8 Å². The number of ether oxygens (including phenoxy) is 1. The summed E-state index contributed by atoms with van der Waals surface area (Å²) in [5.74, 6) is 0.273. The van der Waals surface area contributed by atoms with Gasteiger partial charge in [0.2, 0.25) is 0 Å². The number of hydrogen-bond acceptors (Lipinski definition) is 4. The zero-order valence-corrected chi connectivity index (χ0v) is 16.7. The normalized spacial score (nSPS) is 15.2. The van der Waals surface area contributed by atoms with E-state index in [1.807, 2.05) is 0 Å². The molecule has 1 unspecified atom stereocenters. The number of carbonyl (C=O) groups is 1. The van der Waals surface area contributed by atoms with Crippen molar-refractivity contribution in [1.82, 2.24) is 0 Å². The molecular weight excluding hydrogens is 292 g/mol. The Morgan fingerprint density at radius 2 is 1.37 bits per heavy atom. The predicted molar refractivity (Wildman–Crippen MR) is 86.5 cm³/mol. The molecule has 0 heterocycles. The third-order valence-electron chi connectivity index (χ3n) is 2.21. The SMILES string of the molecule is CC(COC=O)C[Si](C)(O[Si](C)(C)C)O[Si](C)(C)C. The highest BCUT2D eigenvalue weighted by Gasteiger charge is 2.41. The summed E-state index contributed by atoms with van der Waals surface area (Å²) in [6.45, 7) is 18.3. The molecule has 0 aliphatic rings. The molecule has 0 rings (SSSR count). The zero-order chi connectivity index (χ0) is 15.3. The molecule has 0 aliphatic carbocycles. The summed E-state index contributed by atoms with van der Waals surface area (Å²) in [7, 11) is -5.49. The first kappa shape index (κ1) is 19.0. The molecule has 0 saturated heterocycles. The summed E-state index contributed by atoms with van der Waals surface area (Å²) in [4.78, 5) is 10.3. The first-order valence-corrected chi connectivity index (χ1v) is 16.2. The summed E-state index contributed by atoms with van der Waals surface area (Å²) in [6.07, 6.45) is 0. The van der Waals surface area contributed by atoms with Crippen LogP contribution in [0.25, 0.3) is 0 Å². The van der Waals surface area contributed by atoms with Gasteiger partial charge in [-0.1, -0.05) is 6.92 Å². The Morgan fingerprint density at radius 3 is 1.68 bits per heavy atom. The molecule has 0 aromatic carbocycles. The Hall–Kier alpha value is 0.0406. The average Bonchev–Trinajstić information content (AvgIpc) is 2.06. The van der Waals surface area contributed by atoms with Gasteiger partial charge in [-0.25, -0.2) is 0 Å². The molecule has 0 spiro atoms. The predicted octanol–water partition coefficient (Wildman–Crippen LogP) is 3.57. The van der Waals surface area contributed by atoms with Crippen LogP contribution in [0.5, 0.6) is 0 Å². The maximum atomic E-state index is 10.3. The highest BCUT2D eigenvalue weighted by molar-refractivity contribution is 6.87. The first-order valence-electron chi connectivity index (χ1n) is 6.82. The van der Waals surface area contributed by atoms with Crippen LogP contribution >= 0.6 is 0 Å². The van der Waals surface area contributed by atoms with Crippen LogP contribution in [0.2, 0.25) is 51.9 Å². The number of carbonyl (C=O) groups excluding carboxylic acids is 1. The molecule has 114 valence electrons. The summed E-state index contributed by atoms with van der Waals surface area (Å²) < 4.78 is 17.7. The highest BCUT2D eigenvalue weighted by atomic mass is 28.5. The van der Waals surface area contributed by atoms with E-state index in [2.05, 4.69) is 52.8 Å². The fraction of sp³-hybridized carbons (Fsp3) is 0.917. The van der Waals surface area contributed by atoms with Gasteiger partial charge in [0, 0.05) is 0 Å². The third kappa shape index (κ3) is 10.5. The maximum absolute atomic E-state index is 10.3. The second-order valence-electron chi connectivity index (χ2n) is 7.30. The third-order valence-corrected chi connectivity index (χ3v) is 12.0. The Labute approximate surface area is 121 Å². The lowest BCUT2D eigenvalue weighted by atomic mass is 10.2. The summed E-state index contributed by atoms with van der Waals surface area (Å²) in [5.41, 5.74) is 0. The van der Waals surface area contributed by atoms with E-state index >= 15 is 0 Å². The molecule has 4 nitrogen and oxygen atoms in total. The number of hydrogen-bond donors (Lipinski definition) is 0. The molecule has 0 aromatic heterocycles. The van der Waals surface area contributed by atoms with Crippen molar-refractivity contribution >= 4 is 31.7 Å². The molecule has 1 atom stereocenters. The van der Waals surface area contributed by atoms with Gasteiger partial charge < -0.3 is 13.0 Å². The molecule has 0 aliphatic heterocycles. The molecule has 0 fully saturated rings. The van der Waals surface area contributed by atoms with Gasteiger partial charge in [-0.3, -0.25) is 4.79 Å². The summed E-state index contributed by atoms with van der Waals surface area (Å²) >= 11 is 0. The van der Waals surface area contributed by atoms with Gasteiger partial charge in [0.25, 0.3) is 6.47 Å². The maximum Gasteiger partial charge on any atom is 0.314 e. The Balaban J connectivity index is 4.79. The van der Waals surface area contributed by atoms with Gasteiger partial charge in [-0.05, 0) is 57.8 Å². The zero-order valence-electron chi connectivity index (χ0n) is 13.7. The van der Waals surface area contributed by atoms with Gasteiger partial charge in [-0.2, -0.15) is 0 Å². The Bertz CT molecular complexity index is 268. The van der Waals surface area contributed by atoms with Gasteiger partial charge in [0.05, 0.1) is 6.61 Å². The lowest BCUT2D eigenvalue weighted by Crippen LogP contribution is -2.53. The second kappa shape index (κ2) is 7.16. The van der Waals surface area contributed by atoms with E-state index in [-0.39, 0.29) is 5.92 Å². The monoisotopic (exact) mass is 322 g/mol. The Morgan fingerprint density at radius 1 is 0.947 bits per heavy atom. The van der Waals surface area contributed by atoms with Crippen molar-refractivity contribution in [1.29, 1.82) is 0 Å². The minimum Gasteiger partial charge on any atom is -0.468 e. The van der Waals surface area contributed by atoms with E-state index in [1.165, 1.54) is 0 Å². The first-order chi connectivity index (χ1) is 8.37. The van der Waals surface area contributed by atoms with Crippen LogP contribution in [0.15, 0.2) is 0 Å². The van der Waals surface area contributed by atoms with Crippen LogP contribution in [0.3, 0.4) is 0 Å². The molecule has 0 saturated carbocycles. The number of rotatable bonds is 9. The fourth-order valence-electron chi connectivity index (χ4n) is 2.30. The van der Waals surface area contributed by atoms with Crippen LogP contribution in [0.4, 0.5) is 0 Å². The fourth-order valence-corrected chi connectivity index (χ4v) is 15.3. The summed E-state index contributed by atoms with van der Waals surface area (Å²) in [5, 5.41) is 0. The molecule has 0 bridgehead atoms. The van der Waals surface area contributed by atoms with Gasteiger partial charge in [0.15, 0.2) is 16.6 Å². The van der Waals surface area contributed by atoms with Crippen LogP contribution < -0.4 is 0 Å². The quantitative estimate of drug-likeness (QED) is 0.481. The molecule has 0 radical (unpaired) electrons. The molecule has 0 aromatic rings. The van der Waals surface area contributed by atoms with E-state index in [1.54, 1.807) is 0 Å². The van der Waals surface area contributed by atoms with Crippen LogP contribution in [-0.2, 0) is 17.8 Å². The lowest BCUT2D eigenvalue weighted by molar-refractivity contribution is -0.129. The van der Waals surface area contributed by atoms with Crippen LogP contribution in [-0.4, -0.2) is 38.3 Å². The van der Waals surface area contributed by atoms with E-state index in [0.717, 1.165) is 6.04 Å². The van der Waals surface area contributed by atoms with Gasteiger partial charge in [0.1, 0.15) is 0 Å².